The molecule has 0 aromatic carbocycles. The first-order chi connectivity index (χ1) is 9.24. The van der Waals surface area contributed by atoms with Crippen LogP contribution in [0.2, 0.25) is 0 Å². The summed E-state index contributed by atoms with van der Waals surface area (Å²) in [4.78, 5) is 10.6. The molecule has 0 spiro atoms. The largest absolute Gasteiger partial charge is 0.383 e. The summed E-state index contributed by atoms with van der Waals surface area (Å²) >= 11 is 3.39. The molecule has 6 nitrogen and oxygen atoms in total. The van der Waals surface area contributed by atoms with Gasteiger partial charge in [-0.1, -0.05) is 0 Å². The van der Waals surface area contributed by atoms with Gasteiger partial charge < -0.3 is 15.8 Å². The smallest absolute Gasteiger partial charge is 0.146 e. The zero-order valence-corrected chi connectivity index (χ0v) is 12.3. The summed E-state index contributed by atoms with van der Waals surface area (Å²) in [5.41, 5.74) is 5.72. The Labute approximate surface area is 120 Å². The lowest BCUT2D eigenvalue weighted by molar-refractivity contribution is -0.0416. The molecular formula is C12H18BrN5O. The van der Waals surface area contributed by atoms with Gasteiger partial charge in [0.15, 0.2) is 0 Å². The van der Waals surface area contributed by atoms with Gasteiger partial charge in [0.1, 0.15) is 22.4 Å². The van der Waals surface area contributed by atoms with Crippen LogP contribution in [0.25, 0.3) is 0 Å². The minimum absolute atomic E-state index is 0.206. The Kier molecular flexibility index (Phi) is 3.86. The number of aromatic nitrogens is 2. The summed E-state index contributed by atoms with van der Waals surface area (Å²) in [5.74, 6) is 1.17. The van der Waals surface area contributed by atoms with Crippen molar-refractivity contribution in [3.8, 4) is 0 Å². The molecule has 2 fully saturated rings. The Morgan fingerprint density at radius 2 is 2.42 bits per heavy atom. The number of nitrogen functional groups attached to an aromatic ring is 1. The summed E-state index contributed by atoms with van der Waals surface area (Å²) in [5, 5.41) is 3.27. The minimum atomic E-state index is 0.206. The first-order valence-corrected chi connectivity index (χ1v) is 7.39. The van der Waals surface area contributed by atoms with E-state index in [-0.39, 0.29) is 6.10 Å². The van der Waals surface area contributed by atoms with Crippen LogP contribution in [0.5, 0.6) is 0 Å². The van der Waals surface area contributed by atoms with Crippen LogP contribution in [0.1, 0.15) is 12.8 Å². The maximum absolute atomic E-state index is 5.89. The molecule has 19 heavy (non-hydrogen) atoms. The van der Waals surface area contributed by atoms with Gasteiger partial charge in [0.05, 0.1) is 12.7 Å². The summed E-state index contributed by atoms with van der Waals surface area (Å²) in [6.07, 6.45) is 4.23. The molecule has 0 bridgehead atoms. The minimum Gasteiger partial charge on any atom is -0.383 e. The van der Waals surface area contributed by atoms with E-state index < -0.39 is 0 Å². The standard InChI is InChI=1S/C12H18BrN5O/c13-10-11(14)16-7-17-12(10)15-4-9-5-18-3-1-2-8(18)6-19-9/h7-9H,1-6H2,(H3,14,15,16,17). The molecule has 2 unspecified atom stereocenters. The summed E-state index contributed by atoms with van der Waals surface area (Å²) < 4.78 is 6.60. The second kappa shape index (κ2) is 5.60. The van der Waals surface area contributed by atoms with E-state index >= 15 is 0 Å². The third kappa shape index (κ3) is 2.82. The Bertz CT molecular complexity index is 458. The van der Waals surface area contributed by atoms with Crippen LogP contribution >= 0.6 is 15.9 Å². The number of nitrogens with two attached hydrogens (primary N) is 1. The zero-order chi connectivity index (χ0) is 13.2. The van der Waals surface area contributed by atoms with Crippen LogP contribution in [0, 0.1) is 0 Å². The molecule has 2 aliphatic heterocycles. The zero-order valence-electron chi connectivity index (χ0n) is 10.7. The van der Waals surface area contributed by atoms with Gasteiger partial charge in [-0.05, 0) is 35.3 Å². The maximum atomic E-state index is 5.89. The molecule has 0 radical (unpaired) electrons. The van der Waals surface area contributed by atoms with Crippen molar-refractivity contribution < 1.29 is 4.74 Å². The van der Waals surface area contributed by atoms with Gasteiger partial charge in [0.2, 0.25) is 0 Å². The number of hydrogen-bond acceptors (Lipinski definition) is 6. The molecule has 2 atom stereocenters. The lowest BCUT2D eigenvalue weighted by atomic mass is 10.2. The third-order valence-corrected chi connectivity index (χ3v) is 4.56. The molecule has 2 saturated heterocycles. The average molecular weight is 328 g/mol. The van der Waals surface area contributed by atoms with Gasteiger partial charge >= 0.3 is 0 Å². The summed E-state index contributed by atoms with van der Waals surface area (Å²) in [6.45, 7) is 3.78. The van der Waals surface area contributed by atoms with Crippen LogP contribution in [0.15, 0.2) is 10.8 Å². The first-order valence-electron chi connectivity index (χ1n) is 6.59. The molecule has 2 aliphatic rings. The average Bonchev–Trinajstić information content (AvgIpc) is 2.88. The molecule has 0 aliphatic carbocycles. The van der Waals surface area contributed by atoms with Gasteiger partial charge in [-0.15, -0.1) is 0 Å². The monoisotopic (exact) mass is 327 g/mol. The van der Waals surface area contributed by atoms with Crippen molar-refractivity contribution in [2.24, 2.45) is 0 Å². The number of hydrogen-bond donors (Lipinski definition) is 2. The van der Waals surface area contributed by atoms with E-state index in [9.17, 15) is 0 Å². The second-order valence-electron chi connectivity index (χ2n) is 5.05. The number of nitrogens with one attached hydrogen (secondary N) is 1. The summed E-state index contributed by atoms with van der Waals surface area (Å²) in [7, 11) is 0. The first kappa shape index (κ1) is 13.1. The molecule has 104 valence electrons. The van der Waals surface area contributed by atoms with Crippen molar-refractivity contribution in [1.29, 1.82) is 0 Å². The lowest BCUT2D eigenvalue weighted by Gasteiger charge is -2.35. The number of ether oxygens (including phenoxy) is 1. The molecule has 1 aromatic heterocycles. The van der Waals surface area contributed by atoms with Crippen molar-refractivity contribution in [2.45, 2.75) is 25.0 Å². The third-order valence-electron chi connectivity index (χ3n) is 3.78. The van der Waals surface area contributed by atoms with Crippen LogP contribution < -0.4 is 11.1 Å². The van der Waals surface area contributed by atoms with Crippen LogP contribution in [0.3, 0.4) is 0 Å². The fourth-order valence-corrected chi connectivity index (χ4v) is 3.07. The van der Waals surface area contributed by atoms with E-state index in [0.29, 0.717) is 16.3 Å². The SMILES string of the molecule is Nc1ncnc(NCC2CN3CCCC3CO2)c1Br. The Hall–Kier alpha value is -0.920. The highest BCUT2D eigenvalue weighted by atomic mass is 79.9. The normalized spacial score (nSPS) is 27.2. The molecule has 3 heterocycles. The van der Waals surface area contributed by atoms with E-state index in [1.807, 2.05) is 0 Å². The van der Waals surface area contributed by atoms with Crippen LogP contribution in [0.4, 0.5) is 11.6 Å². The molecule has 3 N–H and O–H groups in total. The van der Waals surface area contributed by atoms with Crippen LogP contribution in [-0.4, -0.2) is 53.3 Å². The fourth-order valence-electron chi connectivity index (χ4n) is 2.73. The van der Waals surface area contributed by atoms with Gasteiger partial charge in [-0.3, -0.25) is 4.90 Å². The Morgan fingerprint density at radius 3 is 3.32 bits per heavy atom. The highest BCUT2D eigenvalue weighted by molar-refractivity contribution is 9.10. The Morgan fingerprint density at radius 1 is 1.53 bits per heavy atom. The van der Waals surface area contributed by atoms with Gasteiger partial charge in [0.25, 0.3) is 0 Å². The number of fused-ring (bicyclic) bond motifs is 1. The molecule has 0 amide bonds. The summed E-state index contributed by atoms with van der Waals surface area (Å²) in [6, 6.07) is 0.637. The highest BCUT2D eigenvalue weighted by Gasteiger charge is 2.32. The van der Waals surface area contributed by atoms with Crippen LogP contribution in [-0.2, 0) is 4.74 Å². The van der Waals surface area contributed by atoms with Crippen molar-refractivity contribution in [3.63, 3.8) is 0 Å². The number of halogens is 1. The van der Waals surface area contributed by atoms with Crippen molar-refractivity contribution in [2.75, 3.05) is 37.3 Å². The van der Waals surface area contributed by atoms with E-state index in [1.165, 1.54) is 25.7 Å². The quantitative estimate of drug-likeness (QED) is 0.865. The molecule has 1 aromatic rings. The van der Waals surface area contributed by atoms with Crippen molar-refractivity contribution in [3.05, 3.63) is 10.8 Å². The van der Waals surface area contributed by atoms with Gasteiger partial charge in [-0.2, -0.15) is 0 Å². The van der Waals surface area contributed by atoms with E-state index in [4.69, 9.17) is 10.5 Å². The number of morpholine rings is 1. The van der Waals surface area contributed by atoms with Gasteiger partial charge in [0, 0.05) is 19.1 Å². The number of rotatable bonds is 3. The highest BCUT2D eigenvalue weighted by Crippen LogP contribution is 2.25. The van der Waals surface area contributed by atoms with E-state index in [2.05, 4.69) is 36.1 Å². The maximum Gasteiger partial charge on any atom is 0.146 e. The number of anilines is 2. The predicted molar refractivity (Wildman–Crippen MR) is 77.0 cm³/mol. The fraction of sp³-hybridized carbons (Fsp3) is 0.667. The topological polar surface area (TPSA) is 76.3 Å². The number of nitrogens with zero attached hydrogens (tertiary/aromatic N) is 3. The van der Waals surface area contributed by atoms with Crippen molar-refractivity contribution in [1.82, 2.24) is 14.9 Å². The Balaban J connectivity index is 1.56. The molecule has 3 rings (SSSR count). The lowest BCUT2D eigenvalue weighted by Crippen LogP contribution is -2.48. The molecule has 0 saturated carbocycles. The van der Waals surface area contributed by atoms with E-state index in [0.717, 1.165) is 25.5 Å². The molecular weight excluding hydrogens is 310 g/mol. The van der Waals surface area contributed by atoms with Crippen molar-refractivity contribution >= 4 is 27.6 Å². The second-order valence-corrected chi connectivity index (χ2v) is 5.84. The van der Waals surface area contributed by atoms with Gasteiger partial charge in [-0.25, -0.2) is 9.97 Å². The molecule has 7 heteroatoms. The predicted octanol–water partition coefficient (Wildman–Crippen LogP) is 1.10. The van der Waals surface area contributed by atoms with E-state index in [1.54, 1.807) is 0 Å².